The second-order valence-corrected chi connectivity index (χ2v) is 2.05. The van der Waals surface area contributed by atoms with Crippen LogP contribution in [0, 0.1) is 0 Å². The molecule has 0 saturated heterocycles. The molecule has 1 aliphatic heterocycles. The fourth-order valence-electron chi connectivity index (χ4n) is 0.433. The number of hydrazone groups is 1. The molecular formula is C4H7N3S. The Hall–Kier alpha value is -0.640. The standard InChI is InChI=1S/C4H7N3S/c1-3-2-5-4(8)7-6-3/h2H2,1H3,(H2,5,7,8). The summed E-state index contributed by atoms with van der Waals surface area (Å²) < 4.78 is 0. The molecule has 0 fully saturated rings. The van der Waals surface area contributed by atoms with Gasteiger partial charge in [-0.25, -0.2) is 0 Å². The monoisotopic (exact) mass is 129 g/mol. The van der Waals surface area contributed by atoms with Crippen molar-refractivity contribution in [3.05, 3.63) is 0 Å². The first-order valence-electron chi connectivity index (χ1n) is 2.36. The number of rotatable bonds is 0. The Labute approximate surface area is 53.2 Å². The topological polar surface area (TPSA) is 36.4 Å². The van der Waals surface area contributed by atoms with Crippen molar-refractivity contribution in [2.24, 2.45) is 5.10 Å². The lowest BCUT2D eigenvalue weighted by atomic mass is 10.4. The molecule has 0 aromatic heterocycles. The fraction of sp³-hybridized carbons (Fsp3) is 0.500. The number of hydrogen-bond donors (Lipinski definition) is 2. The van der Waals surface area contributed by atoms with Gasteiger partial charge in [-0.3, -0.25) is 5.43 Å². The van der Waals surface area contributed by atoms with E-state index >= 15 is 0 Å². The second kappa shape index (κ2) is 2.09. The molecule has 0 aliphatic carbocycles. The van der Waals surface area contributed by atoms with E-state index in [1.807, 2.05) is 6.92 Å². The summed E-state index contributed by atoms with van der Waals surface area (Å²) in [6.07, 6.45) is 0. The van der Waals surface area contributed by atoms with Gasteiger partial charge in [-0.1, -0.05) is 0 Å². The largest absolute Gasteiger partial charge is 0.356 e. The molecule has 0 amide bonds. The molecular weight excluding hydrogens is 122 g/mol. The smallest absolute Gasteiger partial charge is 0.187 e. The summed E-state index contributed by atoms with van der Waals surface area (Å²) in [6, 6.07) is 0. The zero-order valence-corrected chi connectivity index (χ0v) is 5.38. The van der Waals surface area contributed by atoms with Gasteiger partial charge in [-0.05, 0) is 19.1 Å². The summed E-state index contributed by atoms with van der Waals surface area (Å²) in [5, 5.41) is 7.40. The van der Waals surface area contributed by atoms with Crippen molar-refractivity contribution in [1.82, 2.24) is 10.7 Å². The molecule has 4 heteroatoms. The number of nitrogens with one attached hydrogen (secondary N) is 2. The Bertz CT molecular complexity index is 140. The van der Waals surface area contributed by atoms with Gasteiger partial charge in [0.1, 0.15) is 0 Å². The van der Waals surface area contributed by atoms with Crippen LogP contribution in [0.2, 0.25) is 0 Å². The Morgan fingerprint density at radius 1 is 1.75 bits per heavy atom. The predicted molar refractivity (Wildman–Crippen MR) is 36.8 cm³/mol. The predicted octanol–water partition coefficient (Wildman–Crippen LogP) is -0.160. The van der Waals surface area contributed by atoms with Gasteiger partial charge in [-0.2, -0.15) is 5.10 Å². The fourth-order valence-corrected chi connectivity index (χ4v) is 0.551. The van der Waals surface area contributed by atoms with Crippen molar-refractivity contribution in [3.63, 3.8) is 0 Å². The average molecular weight is 129 g/mol. The van der Waals surface area contributed by atoms with Crippen molar-refractivity contribution >= 4 is 23.0 Å². The lowest BCUT2D eigenvalue weighted by molar-refractivity contribution is 0.893. The van der Waals surface area contributed by atoms with E-state index in [-0.39, 0.29) is 0 Å². The van der Waals surface area contributed by atoms with E-state index in [9.17, 15) is 0 Å². The third-order valence-electron chi connectivity index (χ3n) is 0.853. The van der Waals surface area contributed by atoms with E-state index in [0.717, 1.165) is 12.3 Å². The number of nitrogens with zero attached hydrogens (tertiary/aromatic N) is 1. The lowest BCUT2D eigenvalue weighted by Crippen LogP contribution is -2.40. The van der Waals surface area contributed by atoms with Crippen LogP contribution in [0.15, 0.2) is 5.10 Å². The molecule has 0 unspecified atom stereocenters. The number of hydrogen-bond acceptors (Lipinski definition) is 2. The molecule has 0 radical (unpaired) electrons. The molecule has 0 spiro atoms. The van der Waals surface area contributed by atoms with Crippen LogP contribution in [0.1, 0.15) is 6.92 Å². The highest BCUT2D eigenvalue weighted by Gasteiger charge is 1.99. The molecule has 8 heavy (non-hydrogen) atoms. The molecule has 1 rings (SSSR count). The van der Waals surface area contributed by atoms with Gasteiger partial charge < -0.3 is 5.32 Å². The second-order valence-electron chi connectivity index (χ2n) is 1.64. The van der Waals surface area contributed by atoms with Crippen LogP contribution in [0.3, 0.4) is 0 Å². The van der Waals surface area contributed by atoms with Crippen molar-refractivity contribution < 1.29 is 0 Å². The van der Waals surface area contributed by atoms with Crippen LogP contribution in [-0.4, -0.2) is 17.4 Å². The van der Waals surface area contributed by atoms with Crippen LogP contribution in [0.4, 0.5) is 0 Å². The molecule has 0 atom stereocenters. The molecule has 0 saturated carbocycles. The maximum Gasteiger partial charge on any atom is 0.187 e. The van der Waals surface area contributed by atoms with Gasteiger partial charge in [0.2, 0.25) is 0 Å². The van der Waals surface area contributed by atoms with Gasteiger partial charge >= 0.3 is 0 Å². The first-order chi connectivity index (χ1) is 3.79. The van der Waals surface area contributed by atoms with Crippen LogP contribution in [0.25, 0.3) is 0 Å². The minimum Gasteiger partial charge on any atom is -0.356 e. The lowest BCUT2D eigenvalue weighted by Gasteiger charge is -2.11. The minimum atomic E-state index is 0.607. The molecule has 1 heterocycles. The van der Waals surface area contributed by atoms with Gasteiger partial charge in [0.15, 0.2) is 5.11 Å². The van der Waals surface area contributed by atoms with E-state index in [0.29, 0.717) is 5.11 Å². The zero-order valence-electron chi connectivity index (χ0n) is 4.56. The Morgan fingerprint density at radius 2 is 2.50 bits per heavy atom. The molecule has 1 aliphatic rings. The van der Waals surface area contributed by atoms with E-state index in [1.165, 1.54) is 0 Å². The van der Waals surface area contributed by atoms with Crippen LogP contribution < -0.4 is 10.7 Å². The summed E-state index contributed by atoms with van der Waals surface area (Å²) in [5.41, 5.74) is 3.67. The SMILES string of the molecule is CC1=NNC(=S)NC1. The Kier molecular flexibility index (Phi) is 1.43. The average Bonchev–Trinajstić information content (AvgIpc) is 1.77. The summed E-state index contributed by atoms with van der Waals surface area (Å²) in [6.45, 7) is 2.70. The first kappa shape index (κ1) is 5.50. The highest BCUT2D eigenvalue weighted by molar-refractivity contribution is 7.80. The van der Waals surface area contributed by atoms with Crippen LogP contribution >= 0.6 is 12.2 Å². The Morgan fingerprint density at radius 3 is 2.88 bits per heavy atom. The highest BCUT2D eigenvalue weighted by atomic mass is 32.1. The third kappa shape index (κ3) is 1.16. The van der Waals surface area contributed by atoms with Crippen molar-refractivity contribution in [3.8, 4) is 0 Å². The summed E-state index contributed by atoms with van der Waals surface area (Å²) in [4.78, 5) is 0. The quantitative estimate of drug-likeness (QED) is 0.446. The zero-order chi connectivity index (χ0) is 5.98. The van der Waals surface area contributed by atoms with E-state index in [1.54, 1.807) is 0 Å². The molecule has 0 aromatic rings. The first-order valence-corrected chi connectivity index (χ1v) is 2.77. The van der Waals surface area contributed by atoms with Gasteiger partial charge in [0, 0.05) is 0 Å². The normalized spacial score (nSPS) is 18.6. The van der Waals surface area contributed by atoms with Crippen LogP contribution in [0.5, 0.6) is 0 Å². The van der Waals surface area contributed by atoms with Crippen molar-refractivity contribution in [2.75, 3.05) is 6.54 Å². The van der Waals surface area contributed by atoms with Crippen molar-refractivity contribution in [1.29, 1.82) is 0 Å². The minimum absolute atomic E-state index is 0.607. The summed E-state index contributed by atoms with van der Waals surface area (Å²) in [7, 11) is 0. The van der Waals surface area contributed by atoms with Crippen molar-refractivity contribution in [2.45, 2.75) is 6.92 Å². The van der Waals surface area contributed by atoms with Gasteiger partial charge in [0.25, 0.3) is 0 Å². The maximum absolute atomic E-state index is 4.73. The Balaban J connectivity index is 2.55. The molecule has 2 N–H and O–H groups in total. The van der Waals surface area contributed by atoms with Gasteiger partial charge in [0.05, 0.1) is 12.3 Å². The molecule has 3 nitrogen and oxygen atoms in total. The summed E-state index contributed by atoms with van der Waals surface area (Å²) >= 11 is 4.73. The molecule has 44 valence electrons. The van der Waals surface area contributed by atoms with E-state index < -0.39 is 0 Å². The van der Waals surface area contributed by atoms with E-state index in [2.05, 4.69) is 15.8 Å². The maximum atomic E-state index is 4.73. The molecule has 0 aromatic carbocycles. The van der Waals surface area contributed by atoms with E-state index in [4.69, 9.17) is 12.2 Å². The van der Waals surface area contributed by atoms with Crippen LogP contribution in [-0.2, 0) is 0 Å². The third-order valence-corrected chi connectivity index (χ3v) is 1.09. The molecule has 0 bridgehead atoms. The van der Waals surface area contributed by atoms with Gasteiger partial charge in [-0.15, -0.1) is 0 Å². The highest BCUT2D eigenvalue weighted by Crippen LogP contribution is 1.79. The summed E-state index contributed by atoms with van der Waals surface area (Å²) in [5.74, 6) is 0. The number of thiocarbonyl (C=S) groups is 1.